The van der Waals surface area contributed by atoms with Crippen molar-refractivity contribution < 1.29 is 16.8 Å². The summed E-state index contributed by atoms with van der Waals surface area (Å²) < 4.78 is 55.5. The summed E-state index contributed by atoms with van der Waals surface area (Å²) in [6.45, 7) is 12.1. The van der Waals surface area contributed by atoms with Crippen molar-refractivity contribution in [2.75, 3.05) is 0 Å². The van der Waals surface area contributed by atoms with Crippen molar-refractivity contribution in [1.82, 2.24) is 0 Å². The van der Waals surface area contributed by atoms with Crippen molar-refractivity contribution in [3.8, 4) is 0 Å². The van der Waals surface area contributed by atoms with Gasteiger partial charge in [0, 0.05) is 0 Å². The summed E-state index contributed by atoms with van der Waals surface area (Å²) in [7, 11) is -6.92. The third kappa shape index (κ3) is 2.93. The van der Waals surface area contributed by atoms with Gasteiger partial charge >= 0.3 is 147 Å². The molecule has 0 unspecified atom stereocenters. The van der Waals surface area contributed by atoms with Crippen LogP contribution in [0.25, 0.3) is 0 Å². The molecule has 0 spiro atoms. The Bertz CT molecular complexity index is 500. The summed E-state index contributed by atoms with van der Waals surface area (Å²) in [4.78, 5) is 0. The molecule has 8 heteroatoms. The molecule has 132 valence electrons. The molecule has 1 rings (SSSR count). The van der Waals surface area contributed by atoms with E-state index in [2.05, 4.69) is 0 Å². The van der Waals surface area contributed by atoms with Gasteiger partial charge in [0.25, 0.3) is 0 Å². The Morgan fingerprint density at radius 3 is 0.864 bits per heavy atom. The van der Waals surface area contributed by atoms with Crippen molar-refractivity contribution in [2.24, 2.45) is 0 Å². The monoisotopic (exact) mass is 568 g/mol. The minimum absolute atomic E-state index is 0.810. The van der Waals surface area contributed by atoms with Crippen molar-refractivity contribution >= 4 is 56.4 Å². The zero-order valence-corrected chi connectivity index (χ0v) is 22.2. The topological polar surface area (TPSA) is 68.3 Å². The van der Waals surface area contributed by atoms with Crippen LogP contribution in [0, 0.1) is 0 Å². The predicted molar refractivity (Wildman–Crippen MR) is 99.8 cm³/mol. The molecule has 22 heavy (non-hydrogen) atoms. The quantitative estimate of drug-likeness (QED) is 0.422. The maximum atomic E-state index is 13.1. The van der Waals surface area contributed by atoms with Crippen molar-refractivity contribution in [3.05, 3.63) is 0 Å². The Balaban J connectivity index is 3.51. The van der Waals surface area contributed by atoms with Crippen LogP contribution in [-0.4, -0.2) is 58.8 Å². The van der Waals surface area contributed by atoms with Gasteiger partial charge in [0.2, 0.25) is 0 Å². The predicted octanol–water partition coefficient (Wildman–Crippen LogP) is 3.58. The Labute approximate surface area is 145 Å². The van der Waals surface area contributed by atoms with Gasteiger partial charge in [-0.3, -0.25) is 0 Å². The van der Waals surface area contributed by atoms with Gasteiger partial charge in [-0.1, -0.05) is 0 Å². The van der Waals surface area contributed by atoms with Crippen LogP contribution in [0.3, 0.4) is 0 Å². The first-order valence-electron chi connectivity index (χ1n) is 8.55. The molecular formula is C14H32O4S2Sn2. The molecule has 1 fully saturated rings. The van der Waals surface area contributed by atoms with E-state index in [4.69, 9.17) is 0 Å². The fraction of sp³-hybridized carbons (Fsp3) is 1.00. The molecule has 0 aliphatic carbocycles. The molecule has 1 heterocycles. The van der Waals surface area contributed by atoms with Gasteiger partial charge in [-0.05, 0) is 0 Å². The third-order valence-corrected chi connectivity index (χ3v) is 66.5. The van der Waals surface area contributed by atoms with E-state index in [0.29, 0.717) is 0 Å². The summed E-state index contributed by atoms with van der Waals surface area (Å²) in [6, 6.07) is 0. The van der Waals surface area contributed by atoms with Gasteiger partial charge in [0.05, 0.1) is 0 Å². The van der Waals surface area contributed by atoms with Crippen LogP contribution >= 0.6 is 0 Å². The first-order valence-corrected chi connectivity index (χ1v) is 27.2. The normalized spacial score (nSPS) is 27.4. The average molecular weight is 566 g/mol. The van der Waals surface area contributed by atoms with E-state index in [0.717, 1.165) is 26.6 Å². The van der Waals surface area contributed by atoms with E-state index in [1.54, 1.807) is 0 Å². The van der Waals surface area contributed by atoms with Crippen LogP contribution in [0.2, 0.25) is 26.6 Å². The van der Waals surface area contributed by atoms with E-state index in [9.17, 15) is 16.8 Å². The van der Waals surface area contributed by atoms with Crippen LogP contribution < -0.4 is 0 Å². The molecule has 0 saturated carbocycles. The number of hydrogen-bond acceptors (Lipinski definition) is 4. The number of rotatable bonds is 8. The summed E-state index contributed by atoms with van der Waals surface area (Å²) >= 11 is -6.35. The van der Waals surface area contributed by atoms with E-state index in [1.165, 1.54) is 0 Å². The standard InChI is InChI=1S/C2H2O4S2.6C2H5.2Sn/c3-7(4)1-8(5,6)2-7;6*1-2;;/h1-2H;6*1H2,2H3;;. The average Bonchev–Trinajstić information content (AvgIpc) is 2.49. The van der Waals surface area contributed by atoms with Crippen molar-refractivity contribution in [3.63, 3.8) is 0 Å². The molecular weight excluding hydrogens is 534 g/mol. The van der Waals surface area contributed by atoms with Gasteiger partial charge in [0.1, 0.15) is 0 Å². The summed E-state index contributed by atoms with van der Waals surface area (Å²) in [5, 5.41) is 0. The van der Waals surface area contributed by atoms with Gasteiger partial charge < -0.3 is 0 Å². The third-order valence-electron chi connectivity index (χ3n) is 6.42. The second-order valence-corrected chi connectivity index (χ2v) is 47.3. The van der Waals surface area contributed by atoms with Crippen LogP contribution in [0.5, 0.6) is 0 Å². The van der Waals surface area contributed by atoms with Crippen LogP contribution in [0.1, 0.15) is 41.5 Å². The molecule has 1 aliphatic rings. The fourth-order valence-corrected chi connectivity index (χ4v) is 77.4. The Morgan fingerprint density at radius 2 is 0.727 bits per heavy atom. The molecule has 0 bridgehead atoms. The minimum atomic E-state index is -3.46. The van der Waals surface area contributed by atoms with Gasteiger partial charge in [0.15, 0.2) is 0 Å². The van der Waals surface area contributed by atoms with Gasteiger partial charge in [-0.25, -0.2) is 0 Å². The first kappa shape index (κ1) is 21.5. The Morgan fingerprint density at radius 1 is 0.545 bits per heavy atom. The van der Waals surface area contributed by atoms with Crippen molar-refractivity contribution in [2.45, 2.75) is 73.4 Å². The number of sulfone groups is 2. The molecule has 0 N–H and O–H groups in total. The fourth-order valence-electron chi connectivity index (χ4n) is 4.44. The molecule has 4 nitrogen and oxygen atoms in total. The van der Waals surface area contributed by atoms with E-state index >= 15 is 0 Å². The molecule has 1 aliphatic heterocycles. The molecule has 0 aromatic rings. The van der Waals surface area contributed by atoms with E-state index in [-0.39, 0.29) is 0 Å². The molecule has 0 aromatic heterocycles. The SMILES string of the molecule is C[CH2][Sn]([CH2]C)([CH2]C)[CH]1S(=O)(=O)[CH]([Sn]([CH2]C)([CH2]C)[CH2]C)S1(=O)=O. The molecule has 0 aromatic carbocycles. The zero-order valence-electron chi connectivity index (χ0n) is 14.8. The molecule has 0 atom stereocenters. The summed E-state index contributed by atoms with van der Waals surface area (Å²) in [5.74, 6) is 0. The second-order valence-electron chi connectivity index (χ2n) is 6.69. The van der Waals surface area contributed by atoms with E-state index in [1.807, 2.05) is 41.5 Å². The van der Waals surface area contributed by atoms with Gasteiger partial charge in [-0.15, -0.1) is 0 Å². The molecule has 0 amide bonds. The van der Waals surface area contributed by atoms with Crippen LogP contribution in [0.4, 0.5) is 0 Å². The Kier molecular flexibility index (Phi) is 7.24. The second kappa shape index (κ2) is 7.39. The number of hydrogen-bond donors (Lipinski definition) is 0. The van der Waals surface area contributed by atoms with Gasteiger partial charge in [-0.2, -0.15) is 0 Å². The first-order chi connectivity index (χ1) is 10.1. The summed E-state index contributed by atoms with van der Waals surface area (Å²) in [5.41, 5.74) is 0. The Hall–Kier alpha value is 1.50. The van der Waals surface area contributed by atoms with E-state index < -0.39 is 61.6 Å². The van der Waals surface area contributed by atoms with Crippen LogP contribution in [-0.2, 0) is 19.7 Å². The van der Waals surface area contributed by atoms with Crippen molar-refractivity contribution in [1.29, 1.82) is 0 Å². The van der Waals surface area contributed by atoms with Crippen LogP contribution in [0.15, 0.2) is 0 Å². The molecule has 1 saturated heterocycles. The summed E-state index contributed by atoms with van der Waals surface area (Å²) in [6.07, 6.45) is 0. The maximum absolute atomic E-state index is 13.1. The zero-order chi connectivity index (χ0) is 17.4. The molecule has 0 radical (unpaired) electrons.